The Morgan fingerprint density at radius 2 is 1.63 bits per heavy atom. The molecular weight excluding hydrogens is 340 g/mol. The summed E-state index contributed by atoms with van der Waals surface area (Å²) in [6.07, 6.45) is 18.8. The second-order valence-corrected chi connectivity index (χ2v) is 8.85. The number of carbonyl (C=O) groups is 2. The molecule has 4 rings (SSSR count). The van der Waals surface area contributed by atoms with E-state index in [9.17, 15) is 9.59 Å². The van der Waals surface area contributed by atoms with Gasteiger partial charge in [0.15, 0.2) is 0 Å². The molecule has 0 radical (unpaired) electrons. The zero-order chi connectivity index (χ0) is 18.9. The monoisotopic (exact) mass is 372 g/mol. The van der Waals surface area contributed by atoms with Crippen molar-refractivity contribution < 1.29 is 19.1 Å². The number of allylic oxidation sites excluding steroid dienone is 2. The number of esters is 2. The predicted molar refractivity (Wildman–Crippen MR) is 103 cm³/mol. The normalized spacial score (nSPS) is 34.0. The SMILES string of the molecule is CCOC(=O)C1(C2C=CC3OC(=O)C4(CCCCC4)C3C=C2)CCCCC1. The van der Waals surface area contributed by atoms with Crippen LogP contribution in [0.3, 0.4) is 0 Å². The van der Waals surface area contributed by atoms with Gasteiger partial charge in [-0.05, 0) is 38.7 Å². The molecule has 2 saturated carbocycles. The van der Waals surface area contributed by atoms with Gasteiger partial charge in [0.1, 0.15) is 6.10 Å². The van der Waals surface area contributed by atoms with Crippen molar-refractivity contribution in [3.63, 3.8) is 0 Å². The van der Waals surface area contributed by atoms with Crippen molar-refractivity contribution in [1.29, 1.82) is 0 Å². The Hall–Kier alpha value is -1.58. The second kappa shape index (κ2) is 7.44. The summed E-state index contributed by atoms with van der Waals surface area (Å²) in [5, 5.41) is 0. The van der Waals surface area contributed by atoms with Crippen molar-refractivity contribution in [3.05, 3.63) is 24.3 Å². The first-order valence-corrected chi connectivity index (χ1v) is 10.9. The molecule has 0 aromatic carbocycles. The van der Waals surface area contributed by atoms with Crippen LogP contribution in [-0.4, -0.2) is 24.6 Å². The van der Waals surface area contributed by atoms with Crippen molar-refractivity contribution in [2.45, 2.75) is 77.2 Å². The molecule has 3 aliphatic carbocycles. The largest absolute Gasteiger partial charge is 0.466 e. The first-order valence-electron chi connectivity index (χ1n) is 10.9. The molecule has 0 amide bonds. The fourth-order valence-electron chi connectivity index (χ4n) is 5.97. The first-order chi connectivity index (χ1) is 13.1. The third-order valence-electron chi connectivity index (χ3n) is 7.49. The summed E-state index contributed by atoms with van der Waals surface area (Å²) in [5.74, 6) is 0.0688. The minimum atomic E-state index is -0.455. The third kappa shape index (κ3) is 3.05. The maximum atomic E-state index is 13.0. The number of rotatable bonds is 3. The van der Waals surface area contributed by atoms with Gasteiger partial charge in [-0.15, -0.1) is 0 Å². The third-order valence-corrected chi connectivity index (χ3v) is 7.49. The molecule has 1 spiro atoms. The Balaban J connectivity index is 1.64. The predicted octanol–water partition coefficient (Wildman–Crippen LogP) is 4.73. The molecule has 0 aromatic heterocycles. The molecule has 4 heteroatoms. The van der Waals surface area contributed by atoms with Crippen molar-refractivity contribution in [3.8, 4) is 0 Å². The summed E-state index contributed by atoms with van der Waals surface area (Å²) in [4.78, 5) is 25.7. The molecule has 3 unspecified atom stereocenters. The van der Waals surface area contributed by atoms with Gasteiger partial charge in [0.05, 0.1) is 17.4 Å². The van der Waals surface area contributed by atoms with E-state index in [1.165, 1.54) is 12.8 Å². The summed E-state index contributed by atoms with van der Waals surface area (Å²) < 4.78 is 11.3. The number of fused-ring (bicyclic) bond motifs is 2. The van der Waals surface area contributed by atoms with E-state index < -0.39 is 5.41 Å². The van der Waals surface area contributed by atoms with E-state index in [2.05, 4.69) is 24.3 Å². The highest BCUT2D eigenvalue weighted by atomic mass is 16.6. The van der Waals surface area contributed by atoms with Gasteiger partial charge in [0.2, 0.25) is 0 Å². The zero-order valence-electron chi connectivity index (χ0n) is 16.5. The molecule has 1 aliphatic heterocycles. The summed E-state index contributed by atoms with van der Waals surface area (Å²) in [5.41, 5.74) is -0.800. The number of hydrogen-bond donors (Lipinski definition) is 0. The van der Waals surface area contributed by atoms with Crippen molar-refractivity contribution >= 4 is 11.9 Å². The number of ether oxygens (including phenoxy) is 2. The average Bonchev–Trinajstić information content (AvgIpc) is 2.84. The highest BCUT2D eigenvalue weighted by Crippen LogP contribution is 2.53. The lowest BCUT2D eigenvalue weighted by Gasteiger charge is -2.39. The van der Waals surface area contributed by atoms with Gasteiger partial charge in [-0.2, -0.15) is 0 Å². The van der Waals surface area contributed by atoms with Gasteiger partial charge < -0.3 is 9.47 Å². The van der Waals surface area contributed by atoms with Crippen LogP contribution in [0.4, 0.5) is 0 Å². The molecule has 148 valence electrons. The van der Waals surface area contributed by atoms with E-state index in [0.717, 1.165) is 51.4 Å². The number of carbonyl (C=O) groups excluding carboxylic acids is 2. The van der Waals surface area contributed by atoms with Gasteiger partial charge in [-0.25, -0.2) is 0 Å². The van der Waals surface area contributed by atoms with E-state index >= 15 is 0 Å². The Morgan fingerprint density at radius 3 is 2.30 bits per heavy atom. The standard InChI is InChI=1S/C23H32O4/c1-2-26-20(24)22(13-5-3-6-14-22)17-9-11-18-19(12-10-17)27-21(25)23(18)15-7-4-8-16-23/h9-12,17-19H,2-8,13-16H2,1H3. The molecule has 27 heavy (non-hydrogen) atoms. The van der Waals surface area contributed by atoms with Crippen LogP contribution in [0, 0.1) is 22.7 Å². The molecule has 4 aliphatic rings. The van der Waals surface area contributed by atoms with E-state index in [-0.39, 0.29) is 35.3 Å². The molecule has 1 heterocycles. The molecular formula is C23H32O4. The van der Waals surface area contributed by atoms with Gasteiger partial charge in [-0.3, -0.25) is 9.59 Å². The van der Waals surface area contributed by atoms with Crippen LogP contribution in [0.1, 0.15) is 71.1 Å². The minimum Gasteiger partial charge on any atom is -0.466 e. The Labute approximate surface area is 162 Å². The molecule has 1 saturated heterocycles. The van der Waals surface area contributed by atoms with Crippen LogP contribution in [0.2, 0.25) is 0 Å². The minimum absolute atomic E-state index is 0.0114. The topological polar surface area (TPSA) is 52.6 Å². The van der Waals surface area contributed by atoms with E-state index in [1.807, 2.05) is 6.92 Å². The Morgan fingerprint density at radius 1 is 1.00 bits per heavy atom. The lowest BCUT2D eigenvalue weighted by molar-refractivity contribution is -0.159. The Kier molecular flexibility index (Phi) is 5.17. The van der Waals surface area contributed by atoms with Gasteiger partial charge >= 0.3 is 11.9 Å². The Bertz CT molecular complexity index is 635. The van der Waals surface area contributed by atoms with Gasteiger partial charge in [0.25, 0.3) is 0 Å². The van der Waals surface area contributed by atoms with E-state index in [1.54, 1.807) is 0 Å². The molecule has 0 bridgehead atoms. The smallest absolute Gasteiger partial charge is 0.313 e. The fourth-order valence-corrected chi connectivity index (χ4v) is 5.97. The second-order valence-electron chi connectivity index (χ2n) is 8.85. The summed E-state index contributed by atoms with van der Waals surface area (Å²) in [6.45, 7) is 2.30. The lowest BCUT2D eigenvalue weighted by atomic mass is 9.64. The first kappa shape index (κ1) is 18.8. The van der Waals surface area contributed by atoms with Crippen LogP contribution in [-0.2, 0) is 19.1 Å². The fraction of sp³-hybridized carbons (Fsp3) is 0.739. The van der Waals surface area contributed by atoms with Crippen LogP contribution in [0.25, 0.3) is 0 Å². The van der Waals surface area contributed by atoms with E-state index in [4.69, 9.17) is 9.47 Å². The molecule has 4 nitrogen and oxygen atoms in total. The maximum Gasteiger partial charge on any atom is 0.313 e. The van der Waals surface area contributed by atoms with E-state index in [0.29, 0.717) is 6.61 Å². The lowest BCUT2D eigenvalue weighted by Crippen LogP contribution is -2.40. The quantitative estimate of drug-likeness (QED) is 0.531. The van der Waals surface area contributed by atoms with Gasteiger partial charge in [0, 0.05) is 11.8 Å². The maximum absolute atomic E-state index is 13.0. The molecule has 0 aromatic rings. The molecule has 3 fully saturated rings. The zero-order valence-corrected chi connectivity index (χ0v) is 16.5. The highest BCUT2D eigenvalue weighted by Gasteiger charge is 2.56. The number of hydrogen-bond acceptors (Lipinski definition) is 4. The van der Waals surface area contributed by atoms with Crippen molar-refractivity contribution in [2.24, 2.45) is 22.7 Å². The average molecular weight is 373 g/mol. The van der Waals surface area contributed by atoms with Gasteiger partial charge in [-0.1, -0.05) is 56.8 Å². The molecule has 0 N–H and O–H groups in total. The molecule has 3 atom stereocenters. The highest BCUT2D eigenvalue weighted by molar-refractivity contribution is 5.81. The van der Waals surface area contributed by atoms with Crippen LogP contribution < -0.4 is 0 Å². The van der Waals surface area contributed by atoms with Crippen LogP contribution in [0.15, 0.2) is 24.3 Å². The van der Waals surface area contributed by atoms with Crippen LogP contribution in [0.5, 0.6) is 0 Å². The van der Waals surface area contributed by atoms with Crippen molar-refractivity contribution in [1.82, 2.24) is 0 Å². The van der Waals surface area contributed by atoms with Crippen molar-refractivity contribution in [2.75, 3.05) is 6.61 Å². The van der Waals surface area contributed by atoms with Crippen LogP contribution >= 0.6 is 0 Å². The summed E-state index contributed by atoms with van der Waals surface area (Å²) in [7, 11) is 0. The summed E-state index contributed by atoms with van der Waals surface area (Å²) >= 11 is 0. The summed E-state index contributed by atoms with van der Waals surface area (Å²) in [6, 6.07) is 0.